The van der Waals surface area contributed by atoms with Crippen molar-refractivity contribution in [2.45, 2.75) is 6.54 Å². The zero-order chi connectivity index (χ0) is 50.4. The van der Waals surface area contributed by atoms with Gasteiger partial charge in [0.25, 0.3) is 0 Å². The third-order valence-electron chi connectivity index (χ3n) is 15.2. The van der Waals surface area contributed by atoms with Crippen LogP contribution < -0.4 is 4.90 Å². The molecule has 0 atom stereocenters. The normalized spacial score (nSPS) is 11.5. The highest BCUT2D eigenvalue weighted by atomic mass is 32.1. The lowest BCUT2D eigenvalue weighted by Crippen LogP contribution is -2.17. The number of thiophene rings is 1. The molecule has 0 radical (unpaired) electrons. The fourth-order valence-corrected chi connectivity index (χ4v) is 12.4. The molecule has 0 spiro atoms. The second-order valence-electron chi connectivity index (χ2n) is 19.6. The Hall–Kier alpha value is -9.54. The number of hydrogen-bond donors (Lipinski definition) is 0. The summed E-state index contributed by atoms with van der Waals surface area (Å²) in [5.41, 5.74) is 21.5. The highest BCUT2D eigenvalue weighted by molar-refractivity contribution is 7.25. The van der Waals surface area contributed by atoms with Gasteiger partial charge in [-0.2, -0.15) is 0 Å². The van der Waals surface area contributed by atoms with E-state index in [9.17, 15) is 0 Å². The van der Waals surface area contributed by atoms with Crippen LogP contribution in [0.4, 0.5) is 11.4 Å². The molecule has 0 unspecified atom stereocenters. The number of anilines is 2. The van der Waals surface area contributed by atoms with E-state index < -0.39 is 0 Å². The van der Waals surface area contributed by atoms with Gasteiger partial charge < -0.3 is 9.47 Å². The number of hydrogen-bond acceptors (Lipinski definition) is 2. The smallest absolute Gasteiger partial charge is 0.0547 e. The molecule has 0 aliphatic heterocycles. The van der Waals surface area contributed by atoms with Crippen molar-refractivity contribution in [3.63, 3.8) is 0 Å². The Morgan fingerprint density at radius 1 is 0.289 bits per heavy atom. The van der Waals surface area contributed by atoms with Gasteiger partial charge in [0.05, 0.1) is 11.0 Å². The van der Waals surface area contributed by atoms with E-state index >= 15 is 0 Å². The molecule has 0 fully saturated rings. The summed E-state index contributed by atoms with van der Waals surface area (Å²) in [6, 6.07) is 107. The molecule has 0 N–H and O–H groups in total. The topological polar surface area (TPSA) is 8.17 Å². The minimum absolute atomic E-state index is 0.670. The molecule has 0 amide bonds. The molecule has 2 nitrogen and oxygen atoms in total. The van der Waals surface area contributed by atoms with Crippen molar-refractivity contribution in [3.05, 3.63) is 297 Å². The minimum Gasteiger partial charge on any atom is -0.337 e. The predicted octanol–water partition coefficient (Wildman–Crippen LogP) is 20.5. The van der Waals surface area contributed by atoms with E-state index in [0.29, 0.717) is 6.54 Å². The monoisotopic (exact) mass is 986 g/mol. The molecule has 14 aromatic rings. The van der Waals surface area contributed by atoms with E-state index in [4.69, 9.17) is 0 Å². The van der Waals surface area contributed by atoms with Crippen LogP contribution in [0.1, 0.15) is 5.56 Å². The molecule has 2 heterocycles. The van der Waals surface area contributed by atoms with Crippen molar-refractivity contribution in [1.82, 2.24) is 4.57 Å². The van der Waals surface area contributed by atoms with Gasteiger partial charge in [0.1, 0.15) is 0 Å². The molecule has 0 aliphatic carbocycles. The summed E-state index contributed by atoms with van der Waals surface area (Å²) in [6.45, 7) is 0.670. The molecule has 3 heteroatoms. The Morgan fingerprint density at radius 3 is 1.34 bits per heavy atom. The number of para-hydroxylation sites is 1. The number of benzene rings is 12. The SMILES string of the molecule is c1ccc(-c2ccc(-c3ccc(N(Cc4ccccc4-c4cccc(-c5cccc6c5c5ccccc5n6-c5ccc6sc7ccccc7c6c5)c4)c4ccc(-c5ccc(-c6ccccc6)cc5)cc4)cc3)cc2)cc1. The van der Waals surface area contributed by atoms with Crippen molar-refractivity contribution in [2.24, 2.45) is 0 Å². The van der Waals surface area contributed by atoms with E-state index in [1.807, 2.05) is 11.3 Å². The molecule has 76 heavy (non-hydrogen) atoms. The molecule has 0 bridgehead atoms. The van der Waals surface area contributed by atoms with Crippen LogP contribution in [0.5, 0.6) is 0 Å². The number of nitrogens with zero attached hydrogens (tertiary/aromatic N) is 2. The molecule has 12 aromatic carbocycles. The average molecular weight is 987 g/mol. The summed E-state index contributed by atoms with van der Waals surface area (Å²) >= 11 is 1.86. The Labute approximate surface area is 447 Å². The van der Waals surface area contributed by atoms with E-state index in [0.717, 1.165) is 11.4 Å². The van der Waals surface area contributed by atoms with Crippen LogP contribution in [0, 0.1) is 0 Å². The largest absolute Gasteiger partial charge is 0.337 e. The zero-order valence-electron chi connectivity index (χ0n) is 41.7. The molecular weight excluding hydrogens is 937 g/mol. The predicted molar refractivity (Wildman–Crippen MR) is 325 cm³/mol. The van der Waals surface area contributed by atoms with Crippen molar-refractivity contribution in [3.8, 4) is 72.4 Å². The Kier molecular flexibility index (Phi) is 11.5. The summed E-state index contributed by atoms with van der Waals surface area (Å²) in [5.74, 6) is 0. The number of aromatic nitrogens is 1. The quantitative estimate of drug-likeness (QED) is 0.125. The Morgan fingerprint density at radius 2 is 0.724 bits per heavy atom. The highest BCUT2D eigenvalue weighted by Crippen LogP contribution is 2.42. The van der Waals surface area contributed by atoms with Gasteiger partial charge in [0.15, 0.2) is 0 Å². The van der Waals surface area contributed by atoms with Crippen LogP contribution in [0.15, 0.2) is 291 Å². The van der Waals surface area contributed by atoms with Crippen molar-refractivity contribution >= 4 is 64.7 Å². The van der Waals surface area contributed by atoms with Gasteiger partial charge in [0.2, 0.25) is 0 Å². The fraction of sp³-hybridized carbons (Fsp3) is 0.0137. The molecular formula is C73H50N2S. The molecule has 0 aliphatic rings. The Bertz CT molecular complexity index is 4250. The first-order chi connectivity index (χ1) is 37.7. The van der Waals surface area contributed by atoms with Gasteiger partial charge in [-0.15, -0.1) is 11.3 Å². The van der Waals surface area contributed by atoms with Crippen molar-refractivity contribution < 1.29 is 0 Å². The maximum absolute atomic E-state index is 2.46. The molecule has 14 rings (SSSR count). The summed E-state index contributed by atoms with van der Waals surface area (Å²) in [6.07, 6.45) is 0. The van der Waals surface area contributed by atoms with Gasteiger partial charge in [0, 0.05) is 54.6 Å². The lowest BCUT2D eigenvalue weighted by atomic mass is 9.93. The van der Waals surface area contributed by atoms with Crippen LogP contribution in [-0.2, 0) is 6.54 Å². The first-order valence-electron chi connectivity index (χ1n) is 26.1. The molecule has 0 saturated heterocycles. The van der Waals surface area contributed by atoms with Crippen molar-refractivity contribution in [2.75, 3.05) is 4.90 Å². The Balaban J connectivity index is 0.824. The van der Waals surface area contributed by atoms with Crippen LogP contribution in [0.25, 0.3) is 114 Å². The molecule has 2 aromatic heterocycles. The van der Waals surface area contributed by atoms with E-state index in [1.165, 1.54) is 120 Å². The third-order valence-corrected chi connectivity index (χ3v) is 16.3. The van der Waals surface area contributed by atoms with E-state index in [1.54, 1.807) is 0 Å². The first kappa shape index (κ1) is 45.1. The minimum atomic E-state index is 0.670. The highest BCUT2D eigenvalue weighted by Gasteiger charge is 2.19. The van der Waals surface area contributed by atoms with Crippen LogP contribution >= 0.6 is 11.3 Å². The van der Waals surface area contributed by atoms with Gasteiger partial charge in [-0.25, -0.2) is 0 Å². The zero-order valence-corrected chi connectivity index (χ0v) is 42.5. The van der Waals surface area contributed by atoms with E-state index in [-0.39, 0.29) is 0 Å². The van der Waals surface area contributed by atoms with Crippen molar-refractivity contribution in [1.29, 1.82) is 0 Å². The fourth-order valence-electron chi connectivity index (χ4n) is 11.3. The van der Waals surface area contributed by atoms with Crippen LogP contribution in [0.2, 0.25) is 0 Å². The summed E-state index contributed by atoms with van der Waals surface area (Å²) < 4.78 is 5.08. The summed E-state index contributed by atoms with van der Waals surface area (Å²) in [7, 11) is 0. The molecule has 0 saturated carbocycles. The van der Waals surface area contributed by atoms with Crippen LogP contribution in [0.3, 0.4) is 0 Å². The third kappa shape index (κ3) is 8.34. The van der Waals surface area contributed by atoms with E-state index in [2.05, 4.69) is 301 Å². The lowest BCUT2D eigenvalue weighted by molar-refractivity contribution is 0.977. The molecule has 358 valence electrons. The first-order valence-corrected chi connectivity index (χ1v) is 26.9. The number of fused-ring (bicyclic) bond motifs is 6. The maximum atomic E-state index is 2.46. The second kappa shape index (κ2) is 19.4. The van der Waals surface area contributed by atoms with Gasteiger partial charge in [-0.1, -0.05) is 224 Å². The lowest BCUT2D eigenvalue weighted by Gasteiger charge is -2.27. The summed E-state index contributed by atoms with van der Waals surface area (Å²) in [4.78, 5) is 2.46. The van der Waals surface area contributed by atoms with Crippen LogP contribution in [-0.4, -0.2) is 4.57 Å². The standard InChI is InChI=1S/C73H50N2S/c1-3-15-50(16-4-1)52-29-33-54(34-30-52)56-37-41-61(42-38-56)74(62-43-39-57(40-44-62)55-35-31-53(32-36-55)51-17-5-2-6-18-51)49-60-19-7-8-22-64(60)58-20-13-21-59(47-58)65-25-14-27-70-73(65)67-24-9-11-26-69(67)75(70)63-45-46-72-68(48-63)66-23-10-12-28-71(66)76-72/h1-48H,49H2. The summed E-state index contributed by atoms with van der Waals surface area (Å²) in [5, 5.41) is 5.12. The van der Waals surface area contributed by atoms with Gasteiger partial charge in [-0.05, 0) is 139 Å². The van der Waals surface area contributed by atoms with Gasteiger partial charge in [-0.3, -0.25) is 0 Å². The van der Waals surface area contributed by atoms with Gasteiger partial charge >= 0.3 is 0 Å². The number of rotatable bonds is 11. The second-order valence-corrected chi connectivity index (χ2v) is 20.7. The average Bonchev–Trinajstić information content (AvgIpc) is 4.07. The maximum Gasteiger partial charge on any atom is 0.0547 e.